The molecule has 0 fully saturated rings. The van der Waals surface area contributed by atoms with E-state index in [-0.39, 0.29) is 17.9 Å². The maximum absolute atomic E-state index is 11.7. The van der Waals surface area contributed by atoms with Crippen LogP contribution in [0.1, 0.15) is 27.7 Å². The van der Waals surface area contributed by atoms with E-state index in [0.717, 1.165) is 11.8 Å². The molecular formula is C11H18N2OS. The van der Waals surface area contributed by atoms with Crippen molar-refractivity contribution in [1.82, 2.24) is 4.90 Å². The van der Waals surface area contributed by atoms with Gasteiger partial charge in [-0.1, -0.05) is 13.8 Å². The zero-order valence-corrected chi connectivity index (χ0v) is 10.8. The second-order valence-electron chi connectivity index (χ2n) is 3.78. The maximum atomic E-state index is 11.7. The van der Waals surface area contributed by atoms with Gasteiger partial charge in [0.15, 0.2) is 5.17 Å². The average molecular weight is 226 g/mol. The Morgan fingerprint density at radius 2 is 1.93 bits per heavy atom. The first-order valence-corrected chi connectivity index (χ1v) is 5.69. The van der Waals surface area contributed by atoms with Gasteiger partial charge in [0, 0.05) is 19.0 Å². The van der Waals surface area contributed by atoms with E-state index in [2.05, 4.69) is 10.2 Å². The van der Waals surface area contributed by atoms with E-state index in [1.54, 1.807) is 7.05 Å². The smallest absolute Gasteiger partial charge is 0.230 e. The second kappa shape index (κ2) is 6.52. The topological polar surface area (TPSA) is 32.7 Å². The van der Waals surface area contributed by atoms with Gasteiger partial charge in [0.2, 0.25) is 5.91 Å². The summed E-state index contributed by atoms with van der Waals surface area (Å²) in [6.07, 6.45) is 5.21. The molecule has 0 atom stereocenters. The molecule has 0 aromatic rings. The fourth-order valence-electron chi connectivity index (χ4n) is 0.937. The molecule has 0 saturated carbocycles. The number of carbonyl (C=O) groups excluding carboxylic acids is 1. The van der Waals surface area contributed by atoms with Crippen molar-refractivity contribution in [1.29, 1.82) is 0 Å². The molecule has 15 heavy (non-hydrogen) atoms. The Morgan fingerprint density at radius 3 is 2.27 bits per heavy atom. The molecule has 0 radical (unpaired) electrons. The summed E-state index contributed by atoms with van der Waals surface area (Å²) in [6, 6.07) is 0.128. The van der Waals surface area contributed by atoms with Crippen LogP contribution in [0, 0.1) is 17.6 Å². The van der Waals surface area contributed by atoms with Crippen LogP contribution < -0.4 is 0 Å². The van der Waals surface area contributed by atoms with Crippen LogP contribution in [-0.2, 0) is 4.79 Å². The lowest BCUT2D eigenvalue weighted by Crippen LogP contribution is -2.34. The number of rotatable bonds is 2. The lowest BCUT2D eigenvalue weighted by atomic mass is 10.2. The van der Waals surface area contributed by atoms with E-state index in [1.165, 1.54) is 4.90 Å². The van der Waals surface area contributed by atoms with Crippen LogP contribution in [0.25, 0.3) is 0 Å². The molecule has 4 heteroatoms. The summed E-state index contributed by atoms with van der Waals surface area (Å²) in [6.45, 7) is 7.61. The van der Waals surface area contributed by atoms with Gasteiger partial charge in [-0.3, -0.25) is 14.7 Å². The third-order valence-corrected chi connectivity index (χ3v) is 2.31. The average Bonchev–Trinajstić information content (AvgIpc) is 2.14. The van der Waals surface area contributed by atoms with E-state index < -0.39 is 0 Å². The van der Waals surface area contributed by atoms with Crippen LogP contribution in [0.3, 0.4) is 0 Å². The number of thioether (sulfide) groups is 1. The summed E-state index contributed by atoms with van der Waals surface area (Å²) in [4.78, 5) is 17.5. The molecular weight excluding hydrogens is 208 g/mol. The fourth-order valence-corrected chi connectivity index (χ4v) is 1.53. The molecule has 0 N–H and O–H groups in total. The standard InChI is InChI=1S/C11H18N2OS/c1-7-15-11(12-9(4)5)13(6)10(14)8(2)3/h1,8-9H,2-6H3. The van der Waals surface area contributed by atoms with Gasteiger partial charge in [0.05, 0.1) is 0 Å². The molecule has 0 aromatic carbocycles. The van der Waals surface area contributed by atoms with Gasteiger partial charge in [-0.15, -0.1) is 6.42 Å². The predicted octanol–water partition coefficient (Wildman–Crippen LogP) is 2.19. The van der Waals surface area contributed by atoms with Gasteiger partial charge in [-0.05, 0) is 30.9 Å². The van der Waals surface area contributed by atoms with Crippen molar-refractivity contribution >= 4 is 22.8 Å². The van der Waals surface area contributed by atoms with Crippen molar-refractivity contribution in [2.24, 2.45) is 10.9 Å². The van der Waals surface area contributed by atoms with Crippen molar-refractivity contribution in [3.8, 4) is 11.7 Å². The van der Waals surface area contributed by atoms with E-state index in [9.17, 15) is 4.79 Å². The van der Waals surface area contributed by atoms with Crippen LogP contribution in [-0.4, -0.2) is 29.1 Å². The lowest BCUT2D eigenvalue weighted by molar-refractivity contribution is -0.129. The number of nitrogens with zero attached hydrogens (tertiary/aromatic N) is 2. The number of amidine groups is 1. The van der Waals surface area contributed by atoms with Crippen LogP contribution >= 0.6 is 11.8 Å². The lowest BCUT2D eigenvalue weighted by Gasteiger charge is -2.20. The second-order valence-corrected chi connectivity index (χ2v) is 4.58. The minimum atomic E-state index is -0.0502. The van der Waals surface area contributed by atoms with Gasteiger partial charge in [0.25, 0.3) is 0 Å². The largest absolute Gasteiger partial charge is 0.294 e. The van der Waals surface area contributed by atoms with Crippen molar-refractivity contribution in [2.45, 2.75) is 33.7 Å². The Kier molecular flexibility index (Phi) is 6.11. The summed E-state index contributed by atoms with van der Waals surface area (Å²) >= 11 is 1.14. The first kappa shape index (κ1) is 14.1. The van der Waals surface area contributed by atoms with Gasteiger partial charge in [0.1, 0.15) is 0 Å². The third-order valence-electron chi connectivity index (χ3n) is 1.63. The monoisotopic (exact) mass is 226 g/mol. The summed E-state index contributed by atoms with van der Waals surface area (Å²) in [5.41, 5.74) is 0. The molecule has 0 aliphatic heterocycles. The first-order chi connectivity index (χ1) is 6.90. The summed E-state index contributed by atoms with van der Waals surface area (Å²) in [5, 5.41) is 3.03. The summed E-state index contributed by atoms with van der Waals surface area (Å²) < 4.78 is 0. The van der Waals surface area contributed by atoms with Crippen LogP contribution in [0.15, 0.2) is 4.99 Å². The number of hydrogen-bond acceptors (Lipinski definition) is 3. The first-order valence-electron chi connectivity index (χ1n) is 4.88. The molecule has 0 aliphatic carbocycles. The van der Waals surface area contributed by atoms with Gasteiger partial charge < -0.3 is 0 Å². The Labute approximate surface area is 96.3 Å². The Hall–Kier alpha value is -0.950. The molecule has 1 amide bonds. The Bertz CT molecular complexity index is 289. The number of amides is 1. The number of carbonyl (C=O) groups is 1. The molecule has 0 aliphatic rings. The third kappa shape index (κ3) is 4.89. The molecule has 0 bridgehead atoms. The number of hydrogen-bond donors (Lipinski definition) is 0. The van der Waals surface area contributed by atoms with Gasteiger partial charge in [-0.25, -0.2) is 0 Å². The number of aliphatic imine (C=N–C) groups is 1. The SMILES string of the molecule is C#CSC(=NC(C)C)N(C)C(=O)C(C)C. The van der Waals surface area contributed by atoms with Crippen molar-refractivity contribution < 1.29 is 4.79 Å². The summed E-state index contributed by atoms with van der Waals surface area (Å²) in [7, 11) is 1.70. The maximum Gasteiger partial charge on any atom is 0.230 e. The Morgan fingerprint density at radius 1 is 1.40 bits per heavy atom. The fraction of sp³-hybridized carbons (Fsp3) is 0.636. The predicted molar refractivity (Wildman–Crippen MR) is 66.6 cm³/mol. The zero-order chi connectivity index (χ0) is 12.0. The van der Waals surface area contributed by atoms with Crippen molar-refractivity contribution in [3.63, 3.8) is 0 Å². The quantitative estimate of drug-likeness (QED) is 0.411. The molecule has 3 nitrogen and oxygen atoms in total. The molecule has 0 aromatic heterocycles. The molecule has 0 heterocycles. The van der Waals surface area contributed by atoms with Crippen molar-refractivity contribution in [2.75, 3.05) is 7.05 Å². The van der Waals surface area contributed by atoms with Crippen LogP contribution in [0.2, 0.25) is 0 Å². The zero-order valence-electron chi connectivity index (χ0n) is 9.94. The molecule has 84 valence electrons. The Balaban J connectivity index is 4.79. The minimum absolute atomic E-state index is 0.0251. The minimum Gasteiger partial charge on any atom is -0.294 e. The highest BCUT2D eigenvalue weighted by Crippen LogP contribution is 2.11. The van der Waals surface area contributed by atoms with Crippen LogP contribution in [0.4, 0.5) is 0 Å². The normalized spacial score (nSPS) is 11.7. The van der Waals surface area contributed by atoms with E-state index in [0.29, 0.717) is 5.17 Å². The molecule has 0 spiro atoms. The van der Waals surface area contributed by atoms with Gasteiger partial charge in [-0.2, -0.15) is 0 Å². The molecule has 0 rings (SSSR count). The highest BCUT2D eigenvalue weighted by Gasteiger charge is 2.18. The van der Waals surface area contributed by atoms with E-state index in [4.69, 9.17) is 6.42 Å². The number of terminal acetylenes is 1. The highest BCUT2D eigenvalue weighted by atomic mass is 32.2. The summed E-state index contributed by atoms with van der Waals surface area (Å²) in [5.74, 6) is -0.0251. The van der Waals surface area contributed by atoms with E-state index in [1.807, 2.05) is 27.7 Å². The van der Waals surface area contributed by atoms with Crippen molar-refractivity contribution in [3.05, 3.63) is 0 Å². The molecule has 0 unspecified atom stereocenters. The van der Waals surface area contributed by atoms with E-state index >= 15 is 0 Å². The molecule has 0 saturated heterocycles. The highest BCUT2D eigenvalue weighted by molar-refractivity contribution is 8.17. The van der Waals surface area contributed by atoms with Gasteiger partial charge >= 0.3 is 0 Å². The van der Waals surface area contributed by atoms with Crippen LogP contribution in [0.5, 0.6) is 0 Å².